The van der Waals surface area contributed by atoms with Gasteiger partial charge in [-0.25, -0.2) is 0 Å². The van der Waals surface area contributed by atoms with Crippen molar-refractivity contribution in [3.05, 3.63) is 52.1 Å². The second kappa shape index (κ2) is 12.4. The van der Waals surface area contributed by atoms with Gasteiger partial charge in [0.15, 0.2) is 0 Å². The lowest BCUT2D eigenvalue weighted by atomic mass is 9.84. The molecule has 2 rings (SSSR count). The standard InChI is InChI=1S/C29H44N2O4/c1-11-25(21(6)28-18(3)15-23(35-12-2)16-19(28)4)30(8)17-27(34-10)24-13-14-26(33)29(20(24)5)31(9)22(7)32/h13-16,21,25,27,33H,11-12,17H2,1-10H3/t21?,25-,27+/m1/s1/i11D2,21D,25D. The molecule has 1 unspecified atom stereocenters. The van der Waals surface area contributed by atoms with E-state index >= 15 is 0 Å². The Bertz CT molecular complexity index is 1180. The van der Waals surface area contributed by atoms with E-state index in [4.69, 9.17) is 12.2 Å². The molecule has 2 aromatic rings. The van der Waals surface area contributed by atoms with E-state index < -0.39 is 24.4 Å². The van der Waals surface area contributed by atoms with E-state index in [0.717, 1.165) is 11.1 Å². The fourth-order valence-corrected chi connectivity index (χ4v) is 4.82. The molecular weight excluding hydrogens is 440 g/mol. The Labute approximate surface area is 217 Å². The maximum absolute atomic E-state index is 12.1. The number of likely N-dealkylation sites (N-methyl/N-ethyl adjacent to an activating group) is 1. The molecule has 0 aliphatic carbocycles. The molecule has 0 heterocycles. The van der Waals surface area contributed by atoms with Crippen LogP contribution in [0.5, 0.6) is 11.5 Å². The molecular formula is C29H44N2O4. The van der Waals surface area contributed by atoms with Gasteiger partial charge in [0.05, 0.1) is 18.4 Å². The lowest BCUT2D eigenvalue weighted by Crippen LogP contribution is -2.39. The van der Waals surface area contributed by atoms with Crippen molar-refractivity contribution in [3.8, 4) is 11.5 Å². The van der Waals surface area contributed by atoms with Crippen molar-refractivity contribution in [2.45, 2.75) is 72.9 Å². The quantitative estimate of drug-likeness (QED) is 0.427. The van der Waals surface area contributed by atoms with Gasteiger partial charge in [0, 0.05) is 39.1 Å². The summed E-state index contributed by atoms with van der Waals surface area (Å²) >= 11 is 0. The van der Waals surface area contributed by atoms with E-state index in [2.05, 4.69) is 0 Å². The van der Waals surface area contributed by atoms with Gasteiger partial charge >= 0.3 is 0 Å². The van der Waals surface area contributed by atoms with Gasteiger partial charge in [-0.05, 0) is 93.0 Å². The van der Waals surface area contributed by atoms with Gasteiger partial charge in [-0.3, -0.25) is 9.69 Å². The maximum Gasteiger partial charge on any atom is 0.223 e. The van der Waals surface area contributed by atoms with Gasteiger partial charge in [-0.15, -0.1) is 0 Å². The van der Waals surface area contributed by atoms with Gasteiger partial charge in [-0.1, -0.05) is 19.9 Å². The molecule has 6 nitrogen and oxygen atoms in total. The zero-order valence-corrected chi connectivity index (χ0v) is 22.9. The Kier molecular flexibility index (Phi) is 8.11. The molecule has 0 aromatic heterocycles. The molecule has 0 bridgehead atoms. The number of aromatic hydroxyl groups is 1. The number of hydrogen-bond acceptors (Lipinski definition) is 5. The van der Waals surface area contributed by atoms with E-state index in [1.54, 1.807) is 34.0 Å². The second-order valence-electron chi connectivity index (χ2n) is 8.92. The predicted octanol–water partition coefficient (Wildman–Crippen LogP) is 5.90. The summed E-state index contributed by atoms with van der Waals surface area (Å²) in [6.45, 7) is 12.3. The van der Waals surface area contributed by atoms with Crippen LogP contribution in [0.2, 0.25) is 0 Å². The van der Waals surface area contributed by atoms with Crippen molar-refractivity contribution in [1.82, 2.24) is 4.90 Å². The third kappa shape index (κ3) is 6.36. The van der Waals surface area contributed by atoms with Gasteiger partial charge in [0.1, 0.15) is 11.5 Å². The molecule has 0 radical (unpaired) electrons. The average molecular weight is 489 g/mol. The lowest BCUT2D eigenvalue weighted by Gasteiger charge is -2.36. The average Bonchev–Trinajstić information content (AvgIpc) is 2.80. The third-order valence-corrected chi connectivity index (χ3v) is 6.50. The van der Waals surface area contributed by atoms with E-state index in [0.29, 0.717) is 34.7 Å². The van der Waals surface area contributed by atoms with Crippen LogP contribution in [-0.4, -0.2) is 56.3 Å². The highest BCUT2D eigenvalue weighted by atomic mass is 16.5. The third-order valence-electron chi connectivity index (χ3n) is 6.50. The first-order valence-corrected chi connectivity index (χ1v) is 11.9. The highest BCUT2D eigenvalue weighted by Gasteiger charge is 2.28. The van der Waals surface area contributed by atoms with E-state index in [9.17, 15) is 12.6 Å². The summed E-state index contributed by atoms with van der Waals surface area (Å²) < 4.78 is 48.2. The van der Waals surface area contributed by atoms with Crippen LogP contribution in [0.3, 0.4) is 0 Å². The highest BCUT2D eigenvalue weighted by Crippen LogP contribution is 2.37. The van der Waals surface area contributed by atoms with E-state index in [1.807, 2.05) is 32.9 Å². The van der Waals surface area contributed by atoms with Gasteiger partial charge < -0.3 is 19.5 Å². The minimum atomic E-state index is -2.13. The first-order valence-electron chi connectivity index (χ1n) is 13.9. The lowest BCUT2D eigenvalue weighted by molar-refractivity contribution is -0.116. The van der Waals surface area contributed by atoms with Gasteiger partial charge in [0.25, 0.3) is 0 Å². The first-order chi connectivity index (χ1) is 17.9. The minimum Gasteiger partial charge on any atom is -0.506 e. The monoisotopic (exact) mass is 488 g/mol. The molecule has 1 N–H and O–H groups in total. The van der Waals surface area contributed by atoms with Crippen LogP contribution in [0.25, 0.3) is 0 Å². The number of ether oxygens (including phenoxy) is 2. The van der Waals surface area contributed by atoms with Crippen LogP contribution >= 0.6 is 0 Å². The number of amides is 1. The molecule has 0 saturated carbocycles. The molecule has 35 heavy (non-hydrogen) atoms. The summed E-state index contributed by atoms with van der Waals surface area (Å²) in [5.41, 5.74) is 3.75. The number of aryl methyl sites for hydroxylation is 2. The summed E-state index contributed by atoms with van der Waals surface area (Å²) in [7, 11) is 4.73. The Morgan fingerprint density at radius 3 is 2.26 bits per heavy atom. The zero-order chi connectivity index (χ0) is 30.1. The molecule has 0 aliphatic rings. The Morgan fingerprint density at radius 1 is 1.17 bits per heavy atom. The Balaban J connectivity index is 2.64. The number of anilines is 1. The van der Waals surface area contributed by atoms with Gasteiger partial charge in [0.2, 0.25) is 5.91 Å². The van der Waals surface area contributed by atoms with Crippen LogP contribution in [0.15, 0.2) is 24.3 Å². The molecule has 0 spiro atoms. The van der Waals surface area contributed by atoms with Crippen LogP contribution in [0, 0.1) is 20.8 Å². The Hall–Kier alpha value is -2.57. The second-order valence-corrected chi connectivity index (χ2v) is 8.92. The number of rotatable bonds is 11. The number of carbonyl (C=O) groups excluding carboxylic acids is 1. The molecule has 3 atom stereocenters. The van der Waals surface area contributed by atoms with Crippen LogP contribution < -0.4 is 9.64 Å². The number of benzene rings is 2. The van der Waals surface area contributed by atoms with Crippen LogP contribution in [0.4, 0.5) is 5.69 Å². The molecule has 0 aliphatic heterocycles. The van der Waals surface area contributed by atoms with Crippen molar-refractivity contribution in [2.24, 2.45) is 0 Å². The zero-order valence-electron chi connectivity index (χ0n) is 26.9. The summed E-state index contributed by atoms with van der Waals surface area (Å²) in [5.74, 6) is -1.32. The molecule has 2 aromatic carbocycles. The van der Waals surface area contributed by atoms with E-state index in [-0.39, 0.29) is 18.2 Å². The maximum atomic E-state index is 12.1. The summed E-state index contributed by atoms with van der Waals surface area (Å²) in [4.78, 5) is 15.0. The Morgan fingerprint density at radius 2 is 1.77 bits per heavy atom. The summed E-state index contributed by atoms with van der Waals surface area (Å²) in [5, 5.41) is 10.5. The molecule has 194 valence electrons. The number of phenolic OH excluding ortho intramolecular Hbond substituents is 1. The normalized spacial score (nSPS) is 17.9. The van der Waals surface area contributed by atoms with Crippen molar-refractivity contribution in [2.75, 3.05) is 39.3 Å². The molecule has 0 saturated heterocycles. The topological polar surface area (TPSA) is 62.2 Å². The van der Waals surface area contributed by atoms with Crippen molar-refractivity contribution >= 4 is 11.6 Å². The molecule has 6 heteroatoms. The van der Waals surface area contributed by atoms with Crippen molar-refractivity contribution in [1.29, 1.82) is 0 Å². The van der Waals surface area contributed by atoms with Crippen molar-refractivity contribution < 1.29 is 24.9 Å². The number of methoxy groups -OCH3 is 1. The molecule has 0 fully saturated rings. The fraction of sp³-hybridized carbons (Fsp3) is 0.552. The molecule has 1 amide bonds. The number of hydrogen-bond donors (Lipinski definition) is 1. The highest BCUT2D eigenvalue weighted by molar-refractivity contribution is 5.93. The van der Waals surface area contributed by atoms with Gasteiger partial charge in [-0.2, -0.15) is 0 Å². The summed E-state index contributed by atoms with van der Waals surface area (Å²) in [6.07, 6.45) is -2.77. The number of phenols is 1. The number of nitrogens with zero attached hydrogens (tertiary/aromatic N) is 2. The number of carbonyl (C=O) groups is 1. The largest absolute Gasteiger partial charge is 0.506 e. The first kappa shape index (κ1) is 22.9. The van der Waals surface area contributed by atoms with E-state index in [1.165, 1.54) is 36.8 Å². The summed E-state index contributed by atoms with van der Waals surface area (Å²) in [6, 6.07) is 4.81. The minimum absolute atomic E-state index is 0.0444. The van der Waals surface area contributed by atoms with Crippen molar-refractivity contribution in [3.63, 3.8) is 0 Å². The fourth-order valence-electron chi connectivity index (χ4n) is 4.82. The smallest absolute Gasteiger partial charge is 0.223 e. The predicted molar refractivity (Wildman–Crippen MR) is 144 cm³/mol. The SMILES string of the molecule is [2H]C([2H])(C)[C@@]([2H])(N(C)C[C@H](OC)c1ccc(O)c(N(C)C(C)=O)c1C)C([2H])(C)c1c(C)cc(OCC)cc1C. The van der Waals surface area contributed by atoms with Crippen LogP contribution in [0.1, 0.15) is 79.4 Å². The van der Waals surface area contributed by atoms with Crippen LogP contribution in [-0.2, 0) is 9.53 Å².